The maximum Gasteiger partial charge on any atom is 1.00 e. The van der Waals surface area contributed by atoms with Crippen LogP contribution in [0.1, 0.15) is 218 Å². The standard InChI is InChI=1S/C26H43ClN8O2S.C23H36Cl2N8.C3H8S.Na/c1-20(2)38(36,37)25-23-24(29-26(27)30-25)28-21(3)35(23)19-17-15-13-11-9-7-5-6-8-10-12-14-16-18-22-31-32-33-34(22)4;1-18-26-22-20(21(24)27-23(25)28-22)33(18)17-15-13-11-9-7-5-3-4-6-8-10-12-14-16-19-29-30-31-32(19)2;1-3(2)4;/h20H,5-19H2,1-4H3;3-17H2,1-2H3;3-4H,1-2H3;/q;;;+1/p-1. The third-order valence-corrected chi connectivity index (χ3v) is 16.0. The van der Waals surface area contributed by atoms with Crippen LogP contribution >= 0.6 is 34.8 Å². The molecule has 6 rings (SSSR count). The molecule has 0 saturated carbocycles. The summed E-state index contributed by atoms with van der Waals surface area (Å²) in [5, 5.41) is 23.4. The smallest absolute Gasteiger partial charge is 0.790 e. The number of imidazole rings is 2. The molecule has 0 radical (unpaired) electrons. The van der Waals surface area contributed by atoms with Crippen LogP contribution in [0.5, 0.6) is 0 Å². The molecule has 0 N–H and O–H groups in total. The van der Waals surface area contributed by atoms with Gasteiger partial charge in [0, 0.05) is 40.0 Å². The van der Waals surface area contributed by atoms with Gasteiger partial charge < -0.3 is 21.8 Å². The molecule has 0 unspecified atom stereocenters. The van der Waals surface area contributed by atoms with Crippen LogP contribution < -0.4 is 29.6 Å². The Balaban J connectivity index is 0.000000372. The number of hydrogen-bond donors (Lipinski definition) is 0. The van der Waals surface area contributed by atoms with Crippen molar-refractivity contribution >= 4 is 79.6 Å². The van der Waals surface area contributed by atoms with E-state index in [1.165, 1.54) is 141 Å². The van der Waals surface area contributed by atoms with Crippen molar-refractivity contribution in [1.82, 2.24) is 79.5 Å². The predicted molar refractivity (Wildman–Crippen MR) is 305 cm³/mol. The van der Waals surface area contributed by atoms with E-state index in [-0.39, 0.29) is 45.2 Å². The molecule has 0 amide bonds. The number of aryl methyl sites for hydroxylation is 8. The van der Waals surface area contributed by atoms with E-state index in [2.05, 4.69) is 78.2 Å². The van der Waals surface area contributed by atoms with Crippen LogP contribution in [0, 0.1) is 13.8 Å². The van der Waals surface area contributed by atoms with E-state index in [4.69, 9.17) is 34.8 Å². The number of fused-ring (bicyclic) bond motifs is 2. The summed E-state index contributed by atoms with van der Waals surface area (Å²) in [5.74, 6) is 3.61. The zero-order chi connectivity index (χ0) is 54.6. The molecule has 0 aliphatic heterocycles. The van der Waals surface area contributed by atoms with Crippen molar-refractivity contribution < 1.29 is 38.0 Å². The molecular formula is C52H86Cl3N16NaO2S2. The number of sulfone groups is 1. The summed E-state index contributed by atoms with van der Waals surface area (Å²) < 4.78 is 33.4. The van der Waals surface area contributed by atoms with Crippen LogP contribution in [0.15, 0.2) is 5.03 Å². The fourth-order valence-corrected chi connectivity index (χ4v) is 10.9. The number of nitrogens with zero attached hydrogens (tertiary/aromatic N) is 16. The molecule has 0 bridgehead atoms. The first-order chi connectivity index (χ1) is 36.0. The summed E-state index contributed by atoms with van der Waals surface area (Å²) in [5.41, 5.74) is 2.20. The van der Waals surface area contributed by atoms with E-state index < -0.39 is 15.1 Å². The maximum atomic E-state index is 12.9. The van der Waals surface area contributed by atoms with Gasteiger partial charge in [-0.2, -0.15) is 15.2 Å². The largest absolute Gasteiger partial charge is 1.00 e. The Bertz CT molecular complexity index is 2660. The number of unbranched alkanes of at least 4 members (excludes halogenated alkanes) is 24. The Morgan fingerprint density at radius 3 is 1.13 bits per heavy atom. The minimum Gasteiger partial charge on any atom is -0.790 e. The fraction of sp³-hybridized carbons (Fsp3) is 0.769. The topological polar surface area (TPSA) is 209 Å². The molecule has 420 valence electrons. The van der Waals surface area contributed by atoms with Gasteiger partial charge in [0.25, 0.3) is 0 Å². The van der Waals surface area contributed by atoms with E-state index in [1.807, 2.05) is 46.4 Å². The van der Waals surface area contributed by atoms with Crippen molar-refractivity contribution in [2.45, 2.75) is 250 Å². The molecular weight excluding hydrogens is 1070 g/mol. The number of halogens is 3. The summed E-state index contributed by atoms with van der Waals surface area (Å²) in [6.07, 6.45) is 34.9. The molecule has 0 atom stereocenters. The van der Waals surface area contributed by atoms with Crippen LogP contribution in [-0.4, -0.2) is 98.4 Å². The molecule has 6 aromatic heterocycles. The van der Waals surface area contributed by atoms with Crippen molar-refractivity contribution in [3.05, 3.63) is 39.0 Å². The Labute approximate surface area is 496 Å². The van der Waals surface area contributed by atoms with Crippen LogP contribution in [0.2, 0.25) is 15.7 Å². The molecule has 0 aliphatic carbocycles. The number of rotatable bonds is 34. The minimum atomic E-state index is -3.61. The zero-order valence-corrected chi connectivity index (χ0v) is 53.2. The number of hydrogen-bond acceptors (Lipinski definition) is 15. The van der Waals surface area contributed by atoms with E-state index >= 15 is 0 Å². The summed E-state index contributed by atoms with van der Waals surface area (Å²) in [7, 11) is 0.192. The molecule has 18 nitrogen and oxygen atoms in total. The SMILES string of the molecule is CC(C)[S-].Cc1nc2nc(Cl)nc(Cl)c2n1CCCCCCCCCCCCCCCc1nnnn1C.Cc1nc2nc(Cl)nc(S(=O)(=O)C(C)C)c2n1CCCCCCCCCCCCCCCc1nnnn1C.[Na+]. The molecule has 0 spiro atoms. The van der Waals surface area contributed by atoms with Gasteiger partial charge in [0.1, 0.15) is 22.7 Å². The van der Waals surface area contributed by atoms with Crippen LogP contribution in [-0.2, 0) is 62.5 Å². The quantitative estimate of drug-likeness (QED) is 0.0121. The normalized spacial score (nSPS) is 11.7. The third kappa shape index (κ3) is 24.0. The second-order valence-corrected chi connectivity index (χ2v) is 24.7. The van der Waals surface area contributed by atoms with Crippen molar-refractivity contribution in [1.29, 1.82) is 0 Å². The van der Waals surface area contributed by atoms with Gasteiger partial charge in [0.15, 0.2) is 43.0 Å². The Hall–Kier alpha value is -2.59. The first kappa shape index (κ1) is 67.7. The van der Waals surface area contributed by atoms with E-state index in [0.717, 1.165) is 73.9 Å². The van der Waals surface area contributed by atoms with Gasteiger partial charge in [-0.3, -0.25) is 0 Å². The summed E-state index contributed by atoms with van der Waals surface area (Å²) in [6, 6.07) is 0. The summed E-state index contributed by atoms with van der Waals surface area (Å²) in [4.78, 5) is 25.4. The van der Waals surface area contributed by atoms with Crippen LogP contribution in [0.25, 0.3) is 22.3 Å². The second-order valence-electron chi connectivity index (χ2n) is 20.3. The minimum absolute atomic E-state index is 0. The summed E-state index contributed by atoms with van der Waals surface area (Å²) >= 11 is 22.8. The van der Waals surface area contributed by atoms with Gasteiger partial charge in [0.2, 0.25) is 10.6 Å². The number of tetrazole rings is 2. The predicted octanol–water partition coefficient (Wildman–Crippen LogP) is 10.0. The molecule has 76 heavy (non-hydrogen) atoms. The average Bonchev–Trinajstić information content (AvgIpc) is 4.12. The monoisotopic (exact) mass is 1160 g/mol. The zero-order valence-electron chi connectivity index (χ0n) is 47.3. The molecule has 0 aliphatic rings. The van der Waals surface area contributed by atoms with Gasteiger partial charge in [-0.05, 0) is 97.4 Å². The molecule has 0 aromatic carbocycles. The average molecular weight is 1160 g/mol. The maximum absolute atomic E-state index is 12.9. The molecule has 6 heterocycles. The Kier molecular flexibility index (Phi) is 33.3. The van der Waals surface area contributed by atoms with Crippen LogP contribution in [0.4, 0.5) is 0 Å². The van der Waals surface area contributed by atoms with Gasteiger partial charge in [-0.1, -0.05) is 167 Å². The van der Waals surface area contributed by atoms with E-state index in [0.29, 0.717) is 33.8 Å². The van der Waals surface area contributed by atoms with Gasteiger partial charge in [-0.25, -0.2) is 37.7 Å². The Morgan fingerprint density at radius 2 is 0.789 bits per heavy atom. The molecule has 0 saturated heterocycles. The van der Waals surface area contributed by atoms with Gasteiger partial charge in [0.05, 0.1) is 5.25 Å². The van der Waals surface area contributed by atoms with Gasteiger partial charge in [-0.15, -0.1) is 10.2 Å². The van der Waals surface area contributed by atoms with Crippen molar-refractivity contribution in [3.63, 3.8) is 0 Å². The Morgan fingerprint density at radius 1 is 0.474 bits per heavy atom. The molecule has 0 fully saturated rings. The van der Waals surface area contributed by atoms with E-state index in [1.54, 1.807) is 23.2 Å². The first-order valence-electron chi connectivity index (χ1n) is 27.8. The second kappa shape index (κ2) is 37.4. The fourth-order valence-electron chi connectivity index (χ4n) is 9.05. The third-order valence-electron chi connectivity index (χ3n) is 13.3. The van der Waals surface area contributed by atoms with Crippen molar-refractivity contribution in [2.24, 2.45) is 14.1 Å². The van der Waals surface area contributed by atoms with Crippen LogP contribution in [0.3, 0.4) is 0 Å². The summed E-state index contributed by atoms with van der Waals surface area (Å²) in [6.45, 7) is 12.7. The van der Waals surface area contributed by atoms with Crippen molar-refractivity contribution in [3.8, 4) is 0 Å². The van der Waals surface area contributed by atoms with E-state index in [9.17, 15) is 8.42 Å². The van der Waals surface area contributed by atoms with Crippen molar-refractivity contribution in [2.75, 3.05) is 0 Å². The number of aromatic nitrogens is 16. The molecule has 24 heteroatoms. The van der Waals surface area contributed by atoms with Gasteiger partial charge >= 0.3 is 29.6 Å². The molecule has 6 aromatic rings. The first-order valence-corrected chi connectivity index (χ1v) is 30.9.